The van der Waals surface area contributed by atoms with Crippen LogP contribution >= 0.6 is 31.9 Å². The number of hydrogen-bond donors (Lipinski definition) is 0. The van der Waals surface area contributed by atoms with Crippen molar-refractivity contribution in [2.75, 3.05) is 0 Å². The summed E-state index contributed by atoms with van der Waals surface area (Å²) < 4.78 is 0. The highest BCUT2D eigenvalue weighted by molar-refractivity contribution is 9.09. The lowest BCUT2D eigenvalue weighted by atomic mass is 9.81. The third-order valence-corrected chi connectivity index (χ3v) is 4.93. The van der Waals surface area contributed by atoms with Crippen LogP contribution < -0.4 is 0 Å². The lowest BCUT2D eigenvalue weighted by molar-refractivity contribution is 0.904. The summed E-state index contributed by atoms with van der Waals surface area (Å²) in [5.41, 5.74) is 8.75. The zero-order chi connectivity index (χ0) is 15.4. The van der Waals surface area contributed by atoms with Gasteiger partial charge in [-0.15, -0.1) is 0 Å². The zero-order valence-corrected chi connectivity index (χ0v) is 16.5. The number of rotatable bonds is 6. The standard InChI is InChI=1S/C18H26Br2/c1-7-13-14(8-2)17(11(5)19)16(10-4)18(12(6)20)15(13)9-3/h7,11-12H,1,8-10H2,2-6H3. The molecule has 0 nitrogen and oxygen atoms in total. The van der Waals surface area contributed by atoms with Gasteiger partial charge in [0.1, 0.15) is 0 Å². The molecule has 0 heterocycles. The first-order chi connectivity index (χ1) is 9.44. The van der Waals surface area contributed by atoms with Crippen LogP contribution in [0.2, 0.25) is 0 Å². The summed E-state index contributed by atoms with van der Waals surface area (Å²) in [4.78, 5) is 0.754. The Morgan fingerprint density at radius 3 is 1.40 bits per heavy atom. The summed E-state index contributed by atoms with van der Waals surface area (Å²) in [6.07, 6.45) is 5.25. The summed E-state index contributed by atoms with van der Waals surface area (Å²) in [6.45, 7) is 15.3. The zero-order valence-electron chi connectivity index (χ0n) is 13.3. The Morgan fingerprint density at radius 2 is 1.20 bits per heavy atom. The van der Waals surface area contributed by atoms with Gasteiger partial charge in [0.2, 0.25) is 0 Å². The molecule has 0 N–H and O–H groups in total. The van der Waals surface area contributed by atoms with Crippen LogP contribution in [0, 0.1) is 0 Å². The second-order valence-electron chi connectivity index (χ2n) is 5.17. The van der Waals surface area contributed by atoms with Gasteiger partial charge in [-0.05, 0) is 66.5 Å². The fourth-order valence-electron chi connectivity index (χ4n) is 3.33. The predicted molar refractivity (Wildman–Crippen MR) is 99.4 cm³/mol. The first-order valence-corrected chi connectivity index (χ1v) is 9.38. The molecule has 2 unspecified atom stereocenters. The maximum atomic E-state index is 4.07. The monoisotopic (exact) mass is 400 g/mol. The third kappa shape index (κ3) is 3.22. The number of halogens is 2. The molecule has 0 aromatic heterocycles. The minimum Gasteiger partial charge on any atom is -0.0984 e. The van der Waals surface area contributed by atoms with Gasteiger partial charge in [0.25, 0.3) is 0 Å². The Morgan fingerprint density at radius 1 is 0.850 bits per heavy atom. The van der Waals surface area contributed by atoms with Gasteiger partial charge in [0.15, 0.2) is 0 Å². The highest BCUT2D eigenvalue weighted by atomic mass is 79.9. The molecule has 1 rings (SSSR count). The van der Waals surface area contributed by atoms with Crippen LogP contribution in [0.5, 0.6) is 0 Å². The Balaban J connectivity index is 3.93. The van der Waals surface area contributed by atoms with E-state index in [0.717, 1.165) is 19.3 Å². The van der Waals surface area contributed by atoms with Gasteiger partial charge in [-0.3, -0.25) is 0 Å². The van der Waals surface area contributed by atoms with E-state index < -0.39 is 0 Å². The fraction of sp³-hybridized carbons (Fsp3) is 0.556. The molecule has 0 aliphatic heterocycles. The molecular formula is C18H26Br2. The van der Waals surface area contributed by atoms with Crippen molar-refractivity contribution < 1.29 is 0 Å². The molecule has 0 spiro atoms. The van der Waals surface area contributed by atoms with E-state index >= 15 is 0 Å². The van der Waals surface area contributed by atoms with E-state index in [1.807, 2.05) is 0 Å². The molecule has 2 heteroatoms. The van der Waals surface area contributed by atoms with E-state index in [2.05, 4.69) is 79.1 Å². The molecule has 1 aromatic carbocycles. The van der Waals surface area contributed by atoms with Crippen molar-refractivity contribution in [3.8, 4) is 0 Å². The molecule has 0 saturated carbocycles. The molecule has 0 radical (unpaired) electrons. The van der Waals surface area contributed by atoms with Gasteiger partial charge in [-0.1, -0.05) is 65.3 Å². The average Bonchev–Trinajstić information content (AvgIpc) is 2.42. The molecule has 0 fully saturated rings. The summed E-state index contributed by atoms with van der Waals surface area (Å²) >= 11 is 7.62. The molecule has 20 heavy (non-hydrogen) atoms. The van der Waals surface area contributed by atoms with Crippen LogP contribution in [0.25, 0.3) is 6.08 Å². The molecule has 1 aromatic rings. The SMILES string of the molecule is C=Cc1c(CC)c(C(C)Br)c(CC)c(C(C)Br)c1CC. The fourth-order valence-corrected chi connectivity index (χ4v) is 4.44. The van der Waals surface area contributed by atoms with Crippen molar-refractivity contribution in [2.24, 2.45) is 0 Å². The van der Waals surface area contributed by atoms with Crippen molar-refractivity contribution in [2.45, 2.75) is 63.5 Å². The normalized spacial score (nSPS) is 14.2. The average molecular weight is 402 g/mol. The minimum absolute atomic E-state index is 0.377. The Hall–Kier alpha value is -0.0800. The lowest BCUT2D eigenvalue weighted by Crippen LogP contribution is -2.11. The van der Waals surface area contributed by atoms with E-state index in [4.69, 9.17) is 0 Å². The van der Waals surface area contributed by atoms with Crippen molar-refractivity contribution >= 4 is 37.9 Å². The summed E-state index contributed by atoms with van der Waals surface area (Å²) in [5.74, 6) is 0. The topological polar surface area (TPSA) is 0 Å². The van der Waals surface area contributed by atoms with E-state index in [0.29, 0.717) is 9.65 Å². The molecule has 0 amide bonds. The van der Waals surface area contributed by atoms with Crippen LogP contribution in [0.4, 0.5) is 0 Å². The lowest BCUT2D eigenvalue weighted by Gasteiger charge is -2.27. The van der Waals surface area contributed by atoms with Crippen LogP contribution in [0.15, 0.2) is 6.58 Å². The summed E-state index contributed by atoms with van der Waals surface area (Å²) in [5, 5.41) is 0. The van der Waals surface area contributed by atoms with Crippen molar-refractivity contribution in [3.05, 3.63) is 40.0 Å². The Kier molecular flexibility index (Phi) is 7.00. The highest BCUT2D eigenvalue weighted by Gasteiger charge is 2.23. The number of alkyl halides is 2. The van der Waals surface area contributed by atoms with Crippen molar-refractivity contribution in [1.29, 1.82) is 0 Å². The molecule has 2 atom stereocenters. The maximum Gasteiger partial charge on any atom is 0.0372 e. The first kappa shape index (κ1) is 18.0. The largest absolute Gasteiger partial charge is 0.0984 e. The van der Waals surface area contributed by atoms with Crippen LogP contribution in [0.3, 0.4) is 0 Å². The van der Waals surface area contributed by atoms with E-state index in [1.165, 1.54) is 33.4 Å². The van der Waals surface area contributed by atoms with Gasteiger partial charge in [-0.2, -0.15) is 0 Å². The molecule has 112 valence electrons. The maximum absolute atomic E-state index is 4.07. The first-order valence-electron chi connectivity index (χ1n) is 7.55. The van der Waals surface area contributed by atoms with Gasteiger partial charge < -0.3 is 0 Å². The molecule has 0 aliphatic carbocycles. The third-order valence-electron chi connectivity index (χ3n) is 4.01. The Bertz CT molecular complexity index is 448. The molecule has 0 saturated heterocycles. The second-order valence-corrected chi connectivity index (χ2v) is 7.92. The van der Waals surface area contributed by atoms with E-state index in [9.17, 15) is 0 Å². The highest BCUT2D eigenvalue weighted by Crippen LogP contribution is 2.41. The van der Waals surface area contributed by atoms with E-state index in [1.54, 1.807) is 0 Å². The molecule has 0 bridgehead atoms. The summed E-state index contributed by atoms with van der Waals surface area (Å²) in [7, 11) is 0. The van der Waals surface area contributed by atoms with Crippen LogP contribution in [-0.2, 0) is 19.3 Å². The van der Waals surface area contributed by atoms with Crippen molar-refractivity contribution in [1.82, 2.24) is 0 Å². The predicted octanol–water partition coefficient (Wildman–Crippen LogP) is 6.93. The second kappa shape index (κ2) is 7.79. The number of hydrogen-bond acceptors (Lipinski definition) is 0. The minimum atomic E-state index is 0.377. The van der Waals surface area contributed by atoms with Gasteiger partial charge >= 0.3 is 0 Å². The van der Waals surface area contributed by atoms with Gasteiger partial charge in [0.05, 0.1) is 0 Å². The molecule has 0 aliphatic rings. The van der Waals surface area contributed by atoms with Crippen LogP contribution in [0.1, 0.15) is 77.7 Å². The van der Waals surface area contributed by atoms with E-state index in [-0.39, 0.29) is 0 Å². The van der Waals surface area contributed by atoms with Gasteiger partial charge in [0, 0.05) is 9.65 Å². The van der Waals surface area contributed by atoms with Gasteiger partial charge in [-0.25, -0.2) is 0 Å². The Labute approximate surface area is 141 Å². The van der Waals surface area contributed by atoms with Crippen LogP contribution in [-0.4, -0.2) is 0 Å². The molecular weight excluding hydrogens is 376 g/mol. The number of benzene rings is 1. The summed E-state index contributed by atoms with van der Waals surface area (Å²) in [6, 6.07) is 0. The smallest absolute Gasteiger partial charge is 0.0372 e. The quantitative estimate of drug-likeness (QED) is 0.453. The van der Waals surface area contributed by atoms with Crippen molar-refractivity contribution in [3.63, 3.8) is 0 Å².